The van der Waals surface area contributed by atoms with Gasteiger partial charge in [0.1, 0.15) is 0 Å². The second-order valence-electron chi connectivity index (χ2n) is 5.57. The van der Waals surface area contributed by atoms with E-state index in [1.54, 1.807) is 0 Å². The summed E-state index contributed by atoms with van der Waals surface area (Å²) in [7, 11) is 0. The van der Waals surface area contributed by atoms with Gasteiger partial charge < -0.3 is 19.8 Å². The van der Waals surface area contributed by atoms with Crippen molar-refractivity contribution in [2.24, 2.45) is 5.92 Å². The monoisotopic (exact) mass is 293 g/mol. The summed E-state index contributed by atoms with van der Waals surface area (Å²) >= 11 is 0. The molecule has 0 radical (unpaired) electrons. The minimum Gasteiger partial charge on any atom is -0.481 e. The zero-order chi connectivity index (χ0) is 15.1. The predicted octanol–water partition coefficient (Wildman–Crippen LogP) is 1.36. The Hall–Kier alpha value is -1.43. The fraction of sp³-hybridized carbons (Fsp3) is 0.562. The van der Waals surface area contributed by atoms with Crippen molar-refractivity contribution in [3.05, 3.63) is 35.9 Å². The molecule has 0 aliphatic carbocycles. The number of hydrogen-bond acceptors (Lipinski definition) is 4. The van der Waals surface area contributed by atoms with E-state index in [1.807, 2.05) is 30.3 Å². The smallest absolute Gasteiger partial charge is 0.306 e. The predicted molar refractivity (Wildman–Crippen MR) is 78.9 cm³/mol. The van der Waals surface area contributed by atoms with Gasteiger partial charge in [0, 0.05) is 6.54 Å². The number of likely N-dealkylation sites (tertiary alicyclic amines) is 1. The van der Waals surface area contributed by atoms with Crippen LogP contribution in [0.2, 0.25) is 0 Å². The fourth-order valence-corrected chi connectivity index (χ4v) is 2.60. The highest BCUT2D eigenvalue weighted by Crippen LogP contribution is 2.17. The molecular formula is C16H23NO4. The fourth-order valence-electron chi connectivity index (χ4n) is 2.60. The Kier molecular flexibility index (Phi) is 6.17. The van der Waals surface area contributed by atoms with Gasteiger partial charge in [0.05, 0.1) is 25.2 Å². The number of rotatable bonds is 7. The highest BCUT2D eigenvalue weighted by Gasteiger charge is 2.25. The van der Waals surface area contributed by atoms with Crippen LogP contribution in [0.3, 0.4) is 0 Å². The van der Waals surface area contributed by atoms with Crippen LogP contribution in [-0.4, -0.2) is 53.4 Å². The number of benzene rings is 1. The summed E-state index contributed by atoms with van der Waals surface area (Å²) in [4.78, 5) is 13.0. The van der Waals surface area contributed by atoms with E-state index >= 15 is 0 Å². The summed E-state index contributed by atoms with van der Waals surface area (Å²) in [6.07, 6.45) is 0.787. The Labute approximate surface area is 125 Å². The first-order chi connectivity index (χ1) is 10.1. The molecule has 1 aliphatic heterocycles. The molecule has 5 nitrogen and oxygen atoms in total. The van der Waals surface area contributed by atoms with Crippen LogP contribution in [0.5, 0.6) is 0 Å². The van der Waals surface area contributed by atoms with Crippen molar-refractivity contribution in [3.8, 4) is 0 Å². The van der Waals surface area contributed by atoms with Gasteiger partial charge in [-0.2, -0.15) is 0 Å². The molecule has 1 fully saturated rings. The van der Waals surface area contributed by atoms with Crippen LogP contribution in [0.25, 0.3) is 0 Å². The van der Waals surface area contributed by atoms with Crippen LogP contribution in [0.1, 0.15) is 18.4 Å². The Morgan fingerprint density at radius 2 is 1.95 bits per heavy atom. The van der Waals surface area contributed by atoms with Gasteiger partial charge in [0.2, 0.25) is 0 Å². The molecule has 1 aromatic rings. The highest BCUT2D eigenvalue weighted by molar-refractivity contribution is 5.70. The van der Waals surface area contributed by atoms with Crippen LogP contribution in [0, 0.1) is 5.92 Å². The molecule has 1 heterocycles. The Bertz CT molecular complexity index is 429. The van der Waals surface area contributed by atoms with E-state index in [0.717, 1.165) is 18.7 Å². The second-order valence-corrected chi connectivity index (χ2v) is 5.57. The summed E-state index contributed by atoms with van der Waals surface area (Å²) in [5.74, 6) is -0.936. The number of carboxylic acids is 1. The largest absolute Gasteiger partial charge is 0.481 e. The van der Waals surface area contributed by atoms with Crippen LogP contribution in [-0.2, 0) is 16.1 Å². The molecule has 0 aromatic heterocycles. The zero-order valence-electron chi connectivity index (χ0n) is 12.1. The van der Waals surface area contributed by atoms with Gasteiger partial charge in [0.15, 0.2) is 0 Å². The van der Waals surface area contributed by atoms with Crippen molar-refractivity contribution in [1.29, 1.82) is 0 Å². The number of ether oxygens (including phenoxy) is 1. The molecule has 1 atom stereocenters. The third kappa shape index (κ3) is 5.46. The zero-order valence-corrected chi connectivity index (χ0v) is 12.1. The molecule has 0 bridgehead atoms. The minimum absolute atomic E-state index is 0.229. The molecule has 2 N–H and O–H groups in total. The van der Waals surface area contributed by atoms with E-state index in [0.29, 0.717) is 32.6 Å². The van der Waals surface area contributed by atoms with E-state index in [4.69, 9.17) is 9.84 Å². The van der Waals surface area contributed by atoms with Crippen LogP contribution in [0.15, 0.2) is 30.3 Å². The first-order valence-corrected chi connectivity index (χ1v) is 7.40. The van der Waals surface area contributed by atoms with Gasteiger partial charge in [-0.15, -0.1) is 0 Å². The van der Waals surface area contributed by atoms with Crippen molar-refractivity contribution >= 4 is 5.97 Å². The van der Waals surface area contributed by atoms with Gasteiger partial charge in [-0.25, -0.2) is 0 Å². The number of carboxylic acid groups (broad SMARTS) is 1. The van der Waals surface area contributed by atoms with E-state index in [-0.39, 0.29) is 5.92 Å². The van der Waals surface area contributed by atoms with E-state index in [9.17, 15) is 9.90 Å². The minimum atomic E-state index is -0.707. The van der Waals surface area contributed by atoms with Gasteiger partial charge in [-0.05, 0) is 31.5 Å². The van der Waals surface area contributed by atoms with Crippen molar-refractivity contribution < 1.29 is 19.7 Å². The van der Waals surface area contributed by atoms with Gasteiger partial charge >= 0.3 is 5.97 Å². The first-order valence-electron chi connectivity index (χ1n) is 7.40. The molecule has 116 valence electrons. The number of β-amino-alcohol motifs (C(OH)–C–C–N with tert-alkyl or cyclic N) is 1. The first kappa shape index (κ1) is 15.9. The normalized spacial score (nSPS) is 18.5. The topological polar surface area (TPSA) is 70.0 Å². The third-order valence-corrected chi connectivity index (χ3v) is 3.83. The molecule has 0 saturated carbocycles. The molecule has 21 heavy (non-hydrogen) atoms. The SMILES string of the molecule is O=C(O)C1CCN(CC(O)COCc2ccccc2)CC1. The Balaban J connectivity index is 1.62. The maximum absolute atomic E-state index is 10.9. The molecule has 1 aromatic carbocycles. The lowest BCUT2D eigenvalue weighted by Crippen LogP contribution is -2.41. The maximum Gasteiger partial charge on any atom is 0.306 e. The van der Waals surface area contributed by atoms with Crippen molar-refractivity contribution in [3.63, 3.8) is 0 Å². The molecule has 2 rings (SSSR count). The van der Waals surface area contributed by atoms with Crippen LogP contribution >= 0.6 is 0 Å². The molecular weight excluding hydrogens is 270 g/mol. The number of piperidine rings is 1. The molecule has 1 aliphatic rings. The molecule has 0 amide bonds. The second kappa shape index (κ2) is 8.12. The number of aliphatic carboxylic acids is 1. The third-order valence-electron chi connectivity index (χ3n) is 3.83. The number of aliphatic hydroxyl groups excluding tert-OH is 1. The van der Waals surface area contributed by atoms with E-state index < -0.39 is 12.1 Å². The quantitative estimate of drug-likeness (QED) is 0.794. The van der Waals surface area contributed by atoms with Gasteiger partial charge in [-0.3, -0.25) is 4.79 Å². The average Bonchev–Trinajstić information content (AvgIpc) is 2.49. The van der Waals surface area contributed by atoms with Gasteiger partial charge in [-0.1, -0.05) is 30.3 Å². The lowest BCUT2D eigenvalue weighted by Gasteiger charge is -2.31. The number of nitrogens with zero attached hydrogens (tertiary/aromatic N) is 1. The molecule has 5 heteroatoms. The lowest BCUT2D eigenvalue weighted by atomic mass is 9.97. The van der Waals surface area contributed by atoms with E-state index in [1.165, 1.54) is 0 Å². The summed E-state index contributed by atoms with van der Waals surface area (Å²) in [5, 5.41) is 18.9. The molecule has 1 saturated heterocycles. The summed E-state index contributed by atoms with van der Waals surface area (Å²) in [6.45, 7) is 2.80. The van der Waals surface area contributed by atoms with E-state index in [2.05, 4.69) is 4.90 Å². The van der Waals surface area contributed by atoms with Gasteiger partial charge in [0.25, 0.3) is 0 Å². The number of carbonyl (C=O) groups is 1. The molecule has 1 unspecified atom stereocenters. The summed E-state index contributed by atoms with van der Waals surface area (Å²) in [5.41, 5.74) is 1.09. The summed E-state index contributed by atoms with van der Waals surface area (Å²) in [6, 6.07) is 9.86. The lowest BCUT2D eigenvalue weighted by molar-refractivity contribution is -0.143. The van der Waals surface area contributed by atoms with Crippen LogP contribution < -0.4 is 0 Å². The average molecular weight is 293 g/mol. The standard InChI is InChI=1S/C16H23NO4/c18-15(12-21-11-13-4-2-1-3-5-13)10-17-8-6-14(7-9-17)16(19)20/h1-5,14-15,18H,6-12H2,(H,19,20). The number of hydrogen-bond donors (Lipinski definition) is 2. The Morgan fingerprint density at radius 1 is 1.29 bits per heavy atom. The van der Waals surface area contributed by atoms with Crippen molar-refractivity contribution in [1.82, 2.24) is 4.90 Å². The van der Waals surface area contributed by atoms with Crippen molar-refractivity contribution in [2.75, 3.05) is 26.2 Å². The Morgan fingerprint density at radius 3 is 2.57 bits per heavy atom. The maximum atomic E-state index is 10.9. The highest BCUT2D eigenvalue weighted by atomic mass is 16.5. The van der Waals surface area contributed by atoms with Crippen molar-refractivity contribution in [2.45, 2.75) is 25.6 Å². The van der Waals surface area contributed by atoms with Crippen LogP contribution in [0.4, 0.5) is 0 Å². The number of aliphatic hydroxyl groups is 1. The summed E-state index contributed by atoms with van der Waals surface area (Å²) < 4.78 is 5.51. The molecule has 0 spiro atoms.